The van der Waals surface area contributed by atoms with Crippen LogP contribution in [0.25, 0.3) is 11.0 Å². The van der Waals surface area contributed by atoms with Gasteiger partial charge in [0.2, 0.25) is 0 Å². The van der Waals surface area contributed by atoms with E-state index in [0.717, 1.165) is 43.7 Å². The molecule has 1 aromatic heterocycles. The lowest BCUT2D eigenvalue weighted by molar-refractivity contribution is 0.0613. The lowest BCUT2D eigenvalue weighted by Crippen LogP contribution is -2.48. The summed E-state index contributed by atoms with van der Waals surface area (Å²) in [6, 6.07) is 5.59. The largest absolute Gasteiger partial charge is 0.449 e. The van der Waals surface area contributed by atoms with E-state index in [4.69, 9.17) is 16.0 Å². The highest BCUT2D eigenvalue weighted by Crippen LogP contribution is 2.31. The van der Waals surface area contributed by atoms with Crippen molar-refractivity contribution in [3.63, 3.8) is 0 Å². The molecular formula is C16H19ClN2O2. The molecule has 1 aliphatic heterocycles. The molecule has 1 aromatic carbocycles. The van der Waals surface area contributed by atoms with Crippen LogP contribution in [0.2, 0.25) is 5.02 Å². The summed E-state index contributed by atoms with van der Waals surface area (Å²) in [4.78, 5) is 16.9. The van der Waals surface area contributed by atoms with E-state index in [-0.39, 0.29) is 5.91 Å². The average Bonchev–Trinajstić information content (AvgIpc) is 2.85. The van der Waals surface area contributed by atoms with E-state index in [1.165, 1.54) is 0 Å². The number of rotatable bonds is 2. The lowest BCUT2D eigenvalue weighted by atomic mass is 10.1. The number of hydrogen-bond donors (Lipinski definition) is 0. The van der Waals surface area contributed by atoms with Gasteiger partial charge in [0.05, 0.1) is 5.02 Å². The number of likely N-dealkylation sites (N-methyl/N-ethyl adjacent to an activating group) is 1. The first-order valence-electron chi connectivity index (χ1n) is 7.31. The highest BCUT2D eigenvalue weighted by Gasteiger charge is 2.26. The summed E-state index contributed by atoms with van der Waals surface area (Å²) in [7, 11) is 0. The summed E-state index contributed by atoms with van der Waals surface area (Å²) in [5.41, 5.74) is 1.47. The van der Waals surface area contributed by atoms with Crippen molar-refractivity contribution in [1.29, 1.82) is 0 Å². The number of hydrogen-bond acceptors (Lipinski definition) is 3. The van der Waals surface area contributed by atoms with Crippen LogP contribution in [0.15, 0.2) is 22.6 Å². The van der Waals surface area contributed by atoms with Gasteiger partial charge in [0, 0.05) is 37.1 Å². The van der Waals surface area contributed by atoms with Crippen LogP contribution in [0.3, 0.4) is 0 Å². The van der Waals surface area contributed by atoms with E-state index in [0.29, 0.717) is 16.4 Å². The zero-order valence-corrected chi connectivity index (χ0v) is 13.1. The first-order valence-corrected chi connectivity index (χ1v) is 7.69. The van der Waals surface area contributed by atoms with Crippen molar-refractivity contribution < 1.29 is 9.21 Å². The minimum atomic E-state index is -0.0319. The number of nitrogens with zero attached hydrogens (tertiary/aromatic N) is 2. The number of para-hydroxylation sites is 1. The van der Waals surface area contributed by atoms with Crippen LogP contribution in [0, 0.1) is 6.92 Å². The topological polar surface area (TPSA) is 36.7 Å². The SMILES string of the molecule is CCN1CCN(C(=O)c2oc3c(Cl)cccc3c2C)CC1. The van der Waals surface area contributed by atoms with Gasteiger partial charge in [-0.2, -0.15) is 0 Å². The molecule has 0 unspecified atom stereocenters. The lowest BCUT2D eigenvalue weighted by Gasteiger charge is -2.33. The van der Waals surface area contributed by atoms with Gasteiger partial charge in [-0.15, -0.1) is 0 Å². The predicted octanol–water partition coefficient (Wildman–Crippen LogP) is 3.17. The number of fused-ring (bicyclic) bond motifs is 1. The Morgan fingerprint density at radius 1 is 1.29 bits per heavy atom. The first-order chi connectivity index (χ1) is 10.1. The maximum atomic E-state index is 12.7. The van der Waals surface area contributed by atoms with Crippen molar-refractivity contribution in [2.75, 3.05) is 32.7 Å². The highest BCUT2D eigenvalue weighted by atomic mass is 35.5. The van der Waals surface area contributed by atoms with Crippen LogP contribution in [0.4, 0.5) is 0 Å². The van der Waals surface area contributed by atoms with Gasteiger partial charge < -0.3 is 14.2 Å². The molecule has 0 N–H and O–H groups in total. The van der Waals surface area contributed by atoms with E-state index in [1.54, 1.807) is 6.07 Å². The molecule has 3 rings (SSSR count). The standard InChI is InChI=1S/C16H19ClN2O2/c1-3-18-7-9-19(10-8-18)16(20)14-11(2)12-5-4-6-13(17)15(12)21-14/h4-6H,3,7-10H2,1-2H3. The molecule has 1 fully saturated rings. The Bertz CT molecular complexity index is 672. The van der Waals surface area contributed by atoms with E-state index in [9.17, 15) is 4.79 Å². The number of amides is 1. The minimum absolute atomic E-state index is 0.0319. The number of carbonyl (C=O) groups excluding carboxylic acids is 1. The smallest absolute Gasteiger partial charge is 0.289 e. The van der Waals surface area contributed by atoms with Crippen molar-refractivity contribution in [2.45, 2.75) is 13.8 Å². The number of benzene rings is 1. The van der Waals surface area contributed by atoms with Gasteiger partial charge in [-0.3, -0.25) is 4.79 Å². The number of halogens is 1. The molecule has 0 radical (unpaired) electrons. The minimum Gasteiger partial charge on any atom is -0.449 e. The fraction of sp³-hybridized carbons (Fsp3) is 0.438. The van der Waals surface area contributed by atoms with Gasteiger partial charge in [-0.1, -0.05) is 30.7 Å². The fourth-order valence-electron chi connectivity index (χ4n) is 2.82. The second-order valence-electron chi connectivity index (χ2n) is 5.40. The molecule has 0 spiro atoms. The molecule has 2 aromatic rings. The average molecular weight is 307 g/mol. The zero-order chi connectivity index (χ0) is 15.0. The van der Waals surface area contributed by atoms with E-state index < -0.39 is 0 Å². The molecule has 112 valence electrons. The summed E-state index contributed by atoms with van der Waals surface area (Å²) in [6.45, 7) is 8.42. The Labute approximate surface area is 129 Å². The second-order valence-corrected chi connectivity index (χ2v) is 5.81. The molecule has 1 amide bonds. The van der Waals surface area contributed by atoms with E-state index in [2.05, 4.69) is 11.8 Å². The summed E-state index contributed by atoms with van der Waals surface area (Å²) in [5.74, 6) is 0.388. The summed E-state index contributed by atoms with van der Waals surface area (Å²) < 4.78 is 5.76. The van der Waals surface area contributed by atoms with Crippen molar-refractivity contribution in [2.24, 2.45) is 0 Å². The quantitative estimate of drug-likeness (QED) is 0.855. The third-order valence-corrected chi connectivity index (χ3v) is 4.51. The van der Waals surface area contributed by atoms with Crippen molar-refractivity contribution in [3.05, 3.63) is 34.5 Å². The molecule has 0 saturated carbocycles. The Hall–Kier alpha value is -1.52. The Balaban J connectivity index is 1.89. The second kappa shape index (κ2) is 5.70. The van der Waals surface area contributed by atoms with Crippen LogP contribution in [-0.2, 0) is 0 Å². The summed E-state index contributed by atoms with van der Waals surface area (Å²) in [6.07, 6.45) is 0. The zero-order valence-electron chi connectivity index (χ0n) is 12.4. The number of aryl methyl sites for hydroxylation is 1. The monoisotopic (exact) mass is 306 g/mol. The van der Waals surface area contributed by atoms with Gasteiger partial charge in [0.25, 0.3) is 5.91 Å². The van der Waals surface area contributed by atoms with Gasteiger partial charge in [0.15, 0.2) is 11.3 Å². The molecule has 1 saturated heterocycles. The Morgan fingerprint density at radius 2 is 2.00 bits per heavy atom. The van der Waals surface area contributed by atoms with Crippen molar-refractivity contribution in [1.82, 2.24) is 9.80 Å². The molecule has 4 nitrogen and oxygen atoms in total. The summed E-state index contributed by atoms with van der Waals surface area (Å²) >= 11 is 6.15. The van der Waals surface area contributed by atoms with E-state index >= 15 is 0 Å². The first kappa shape index (κ1) is 14.4. The summed E-state index contributed by atoms with van der Waals surface area (Å²) in [5, 5.41) is 1.46. The van der Waals surface area contributed by atoms with E-state index in [1.807, 2.05) is 24.0 Å². The number of carbonyl (C=O) groups is 1. The fourth-order valence-corrected chi connectivity index (χ4v) is 3.04. The molecule has 0 aliphatic carbocycles. The van der Waals surface area contributed by atoms with Crippen molar-refractivity contribution in [3.8, 4) is 0 Å². The maximum absolute atomic E-state index is 12.7. The van der Waals surface area contributed by atoms with Crippen LogP contribution >= 0.6 is 11.6 Å². The van der Waals surface area contributed by atoms with Gasteiger partial charge >= 0.3 is 0 Å². The normalized spacial score (nSPS) is 16.6. The van der Waals surface area contributed by atoms with Crippen LogP contribution in [0.1, 0.15) is 23.0 Å². The van der Waals surface area contributed by atoms with Crippen LogP contribution < -0.4 is 0 Å². The highest BCUT2D eigenvalue weighted by molar-refractivity contribution is 6.35. The van der Waals surface area contributed by atoms with Gasteiger partial charge in [-0.05, 0) is 19.5 Å². The molecule has 0 bridgehead atoms. The Morgan fingerprint density at radius 3 is 2.62 bits per heavy atom. The maximum Gasteiger partial charge on any atom is 0.289 e. The molecule has 5 heteroatoms. The van der Waals surface area contributed by atoms with Gasteiger partial charge in [-0.25, -0.2) is 0 Å². The van der Waals surface area contributed by atoms with Crippen molar-refractivity contribution >= 4 is 28.5 Å². The molecule has 1 aliphatic rings. The molecule has 21 heavy (non-hydrogen) atoms. The predicted molar refractivity (Wildman–Crippen MR) is 84.0 cm³/mol. The molecule has 0 atom stereocenters. The molecular weight excluding hydrogens is 288 g/mol. The third kappa shape index (κ3) is 2.54. The van der Waals surface area contributed by atoms with Crippen LogP contribution in [-0.4, -0.2) is 48.4 Å². The van der Waals surface area contributed by atoms with Crippen LogP contribution in [0.5, 0.6) is 0 Å². The number of furan rings is 1. The Kier molecular flexibility index (Phi) is 3.91. The number of piperazine rings is 1. The third-order valence-electron chi connectivity index (χ3n) is 4.22. The van der Waals surface area contributed by atoms with Gasteiger partial charge in [0.1, 0.15) is 0 Å². The molecule has 2 heterocycles.